The van der Waals surface area contributed by atoms with Crippen molar-refractivity contribution in [3.63, 3.8) is 0 Å². The van der Waals surface area contributed by atoms with Crippen LogP contribution in [0.2, 0.25) is 0 Å². The number of likely N-dealkylation sites (tertiary alicyclic amines) is 1. The zero-order valence-electron chi connectivity index (χ0n) is 9.34. The summed E-state index contributed by atoms with van der Waals surface area (Å²) in [4.78, 5) is 13.7. The van der Waals surface area contributed by atoms with Gasteiger partial charge in [0.1, 0.15) is 12.2 Å². The monoisotopic (exact) mass is 225 g/mol. The van der Waals surface area contributed by atoms with Crippen molar-refractivity contribution in [1.82, 2.24) is 15.1 Å². The van der Waals surface area contributed by atoms with Crippen molar-refractivity contribution in [3.8, 4) is 0 Å². The van der Waals surface area contributed by atoms with Crippen molar-refractivity contribution < 1.29 is 14.3 Å². The molecule has 2 atom stereocenters. The van der Waals surface area contributed by atoms with Crippen LogP contribution >= 0.6 is 0 Å². The van der Waals surface area contributed by atoms with E-state index in [0.717, 1.165) is 0 Å². The van der Waals surface area contributed by atoms with Crippen molar-refractivity contribution in [2.75, 3.05) is 27.3 Å². The molecule has 1 amide bonds. The van der Waals surface area contributed by atoms with Crippen LogP contribution in [-0.4, -0.2) is 60.5 Å². The number of nitrogens with one attached hydrogen (secondary N) is 1. The predicted molar refractivity (Wildman–Crippen MR) is 56.1 cm³/mol. The number of rotatable bonds is 3. The normalized spacial score (nSPS) is 25.0. The highest BCUT2D eigenvalue weighted by Gasteiger charge is 2.35. The van der Waals surface area contributed by atoms with Gasteiger partial charge in [0.05, 0.1) is 11.8 Å². The Kier molecular flexibility index (Phi) is 3.21. The van der Waals surface area contributed by atoms with Gasteiger partial charge in [-0.1, -0.05) is 0 Å². The average Bonchev–Trinajstić information content (AvgIpc) is 2.96. The van der Waals surface area contributed by atoms with Crippen molar-refractivity contribution in [2.45, 2.75) is 12.2 Å². The molecule has 1 aliphatic heterocycles. The van der Waals surface area contributed by atoms with Crippen LogP contribution < -0.4 is 0 Å². The lowest BCUT2D eigenvalue weighted by Crippen LogP contribution is -2.29. The van der Waals surface area contributed by atoms with Gasteiger partial charge in [-0.25, -0.2) is 0 Å². The maximum atomic E-state index is 12.0. The van der Waals surface area contributed by atoms with Crippen LogP contribution in [0.4, 0.5) is 0 Å². The van der Waals surface area contributed by atoms with Gasteiger partial charge in [0.15, 0.2) is 0 Å². The Morgan fingerprint density at radius 2 is 2.06 bits per heavy atom. The van der Waals surface area contributed by atoms with E-state index in [-0.39, 0.29) is 18.1 Å². The smallest absolute Gasteiger partial charge is 0.257 e. The summed E-state index contributed by atoms with van der Waals surface area (Å²) in [7, 11) is 3.25. The molecule has 6 heteroatoms. The van der Waals surface area contributed by atoms with Gasteiger partial charge < -0.3 is 14.4 Å². The van der Waals surface area contributed by atoms with Crippen LogP contribution in [0.1, 0.15) is 10.4 Å². The minimum absolute atomic E-state index is 0.0460. The molecular weight excluding hydrogens is 210 g/mol. The molecule has 0 aliphatic carbocycles. The van der Waals surface area contributed by atoms with E-state index in [4.69, 9.17) is 9.47 Å². The molecule has 88 valence electrons. The van der Waals surface area contributed by atoms with Gasteiger partial charge in [0, 0.05) is 33.5 Å². The lowest BCUT2D eigenvalue weighted by Gasteiger charge is -2.14. The third-order valence-electron chi connectivity index (χ3n) is 2.85. The molecule has 0 bridgehead atoms. The van der Waals surface area contributed by atoms with Gasteiger partial charge in [0.25, 0.3) is 5.91 Å². The molecule has 0 saturated carbocycles. The molecule has 1 aliphatic rings. The van der Waals surface area contributed by atoms with E-state index in [1.165, 1.54) is 6.20 Å². The zero-order chi connectivity index (χ0) is 11.5. The van der Waals surface area contributed by atoms with Gasteiger partial charge in [0.2, 0.25) is 0 Å². The Hall–Kier alpha value is -1.40. The summed E-state index contributed by atoms with van der Waals surface area (Å²) in [5.74, 6) is -0.0460. The maximum absolute atomic E-state index is 12.0. The van der Waals surface area contributed by atoms with Crippen molar-refractivity contribution in [3.05, 3.63) is 18.0 Å². The minimum Gasteiger partial charge on any atom is -0.377 e. The molecule has 1 aromatic heterocycles. The van der Waals surface area contributed by atoms with Crippen LogP contribution in [0, 0.1) is 0 Å². The summed E-state index contributed by atoms with van der Waals surface area (Å²) in [6.45, 7) is 1.11. The number of carbonyl (C=O) groups is 1. The second kappa shape index (κ2) is 4.63. The van der Waals surface area contributed by atoms with Crippen LogP contribution in [0.5, 0.6) is 0 Å². The topological polar surface area (TPSA) is 67.5 Å². The standard InChI is InChI=1S/C10H15N3O3/c1-15-8-5-13(6-9(8)16-2)10(14)7-3-11-12-4-7/h3-4,8-9H,5-6H2,1-2H3,(H,11,12). The van der Waals surface area contributed by atoms with Crippen molar-refractivity contribution in [2.24, 2.45) is 0 Å². The molecule has 1 N–H and O–H groups in total. The molecule has 1 fully saturated rings. The number of carbonyl (C=O) groups excluding carboxylic acids is 1. The molecule has 1 aromatic rings. The summed E-state index contributed by atoms with van der Waals surface area (Å²) in [5.41, 5.74) is 0.562. The predicted octanol–water partition coefficient (Wildman–Crippen LogP) is -0.105. The molecule has 2 heterocycles. The third kappa shape index (κ3) is 1.94. The number of aromatic nitrogens is 2. The number of hydrogen-bond donors (Lipinski definition) is 1. The molecule has 2 unspecified atom stereocenters. The van der Waals surface area contributed by atoms with Crippen LogP contribution in [-0.2, 0) is 9.47 Å². The van der Waals surface area contributed by atoms with Gasteiger partial charge in [-0.05, 0) is 0 Å². The number of aromatic amines is 1. The van der Waals surface area contributed by atoms with Gasteiger partial charge in [-0.15, -0.1) is 0 Å². The van der Waals surface area contributed by atoms with E-state index in [1.54, 1.807) is 25.3 Å². The van der Waals surface area contributed by atoms with E-state index in [0.29, 0.717) is 18.7 Å². The quantitative estimate of drug-likeness (QED) is 0.779. The molecule has 2 rings (SSSR count). The Labute approximate surface area is 93.5 Å². The fourth-order valence-corrected chi connectivity index (χ4v) is 1.91. The van der Waals surface area contributed by atoms with E-state index in [2.05, 4.69) is 10.2 Å². The number of ether oxygens (including phenoxy) is 2. The number of hydrogen-bond acceptors (Lipinski definition) is 4. The summed E-state index contributed by atoms with van der Waals surface area (Å²) in [5, 5.41) is 6.38. The van der Waals surface area contributed by atoms with E-state index >= 15 is 0 Å². The van der Waals surface area contributed by atoms with Gasteiger partial charge in [-0.2, -0.15) is 5.10 Å². The fourth-order valence-electron chi connectivity index (χ4n) is 1.91. The SMILES string of the molecule is COC1CN(C(=O)c2cn[nH]c2)CC1OC. The largest absolute Gasteiger partial charge is 0.377 e. The van der Waals surface area contributed by atoms with Crippen molar-refractivity contribution >= 4 is 5.91 Å². The maximum Gasteiger partial charge on any atom is 0.257 e. The van der Waals surface area contributed by atoms with Crippen LogP contribution in [0.15, 0.2) is 12.4 Å². The summed E-state index contributed by atoms with van der Waals surface area (Å²) < 4.78 is 10.5. The Morgan fingerprint density at radius 1 is 1.44 bits per heavy atom. The lowest BCUT2D eigenvalue weighted by atomic mass is 10.3. The number of nitrogens with zero attached hydrogens (tertiary/aromatic N) is 2. The first-order valence-electron chi connectivity index (χ1n) is 5.10. The molecular formula is C10H15N3O3. The summed E-state index contributed by atoms with van der Waals surface area (Å²) in [6.07, 6.45) is 3.00. The van der Waals surface area contributed by atoms with E-state index < -0.39 is 0 Å². The van der Waals surface area contributed by atoms with Gasteiger partial charge >= 0.3 is 0 Å². The third-order valence-corrected chi connectivity index (χ3v) is 2.85. The molecule has 1 saturated heterocycles. The molecule has 6 nitrogen and oxygen atoms in total. The second-order valence-electron chi connectivity index (χ2n) is 3.75. The molecule has 16 heavy (non-hydrogen) atoms. The number of H-pyrrole nitrogens is 1. The molecule has 0 spiro atoms. The van der Waals surface area contributed by atoms with Gasteiger partial charge in [-0.3, -0.25) is 9.89 Å². The minimum atomic E-state index is -0.0548. The Bertz CT molecular complexity index is 340. The van der Waals surface area contributed by atoms with E-state index in [1.807, 2.05) is 0 Å². The zero-order valence-corrected chi connectivity index (χ0v) is 9.34. The Morgan fingerprint density at radius 3 is 2.50 bits per heavy atom. The lowest BCUT2D eigenvalue weighted by molar-refractivity contribution is -0.00461. The highest BCUT2D eigenvalue weighted by Crippen LogP contribution is 2.17. The first kappa shape index (κ1) is 11.1. The fraction of sp³-hybridized carbons (Fsp3) is 0.600. The highest BCUT2D eigenvalue weighted by molar-refractivity contribution is 5.93. The highest BCUT2D eigenvalue weighted by atomic mass is 16.5. The van der Waals surface area contributed by atoms with Crippen LogP contribution in [0.25, 0.3) is 0 Å². The molecule has 0 aromatic carbocycles. The number of amides is 1. The average molecular weight is 225 g/mol. The Balaban J connectivity index is 2.05. The van der Waals surface area contributed by atoms with E-state index in [9.17, 15) is 4.79 Å². The first-order chi connectivity index (χ1) is 7.76. The molecule has 0 radical (unpaired) electrons. The number of methoxy groups -OCH3 is 2. The summed E-state index contributed by atoms with van der Waals surface area (Å²) >= 11 is 0. The second-order valence-corrected chi connectivity index (χ2v) is 3.75. The van der Waals surface area contributed by atoms with Crippen LogP contribution in [0.3, 0.4) is 0 Å². The van der Waals surface area contributed by atoms with Crippen molar-refractivity contribution in [1.29, 1.82) is 0 Å². The first-order valence-corrected chi connectivity index (χ1v) is 5.10. The summed E-state index contributed by atoms with van der Waals surface area (Å²) in [6, 6.07) is 0.